The van der Waals surface area contributed by atoms with E-state index in [1.807, 2.05) is 6.07 Å². The van der Waals surface area contributed by atoms with Gasteiger partial charge in [0.15, 0.2) is 0 Å². The molecule has 0 saturated heterocycles. The van der Waals surface area contributed by atoms with Crippen molar-refractivity contribution in [2.75, 3.05) is 11.9 Å². The number of amides is 2. The van der Waals surface area contributed by atoms with Crippen molar-refractivity contribution in [3.63, 3.8) is 0 Å². The van der Waals surface area contributed by atoms with Gasteiger partial charge < -0.3 is 10.6 Å². The lowest BCUT2D eigenvalue weighted by atomic mass is 9.99. The fourth-order valence-electron chi connectivity index (χ4n) is 3.00. The van der Waals surface area contributed by atoms with Gasteiger partial charge in [0.1, 0.15) is 11.0 Å². The van der Waals surface area contributed by atoms with Crippen LogP contribution in [-0.2, 0) is 0 Å². The van der Waals surface area contributed by atoms with Crippen LogP contribution in [0, 0.1) is 12.7 Å². The maximum Gasteiger partial charge on any atom is 0.389 e. The first kappa shape index (κ1) is 21.4. The topological polar surface area (TPSA) is 54.0 Å². The van der Waals surface area contributed by atoms with E-state index in [1.54, 1.807) is 13.0 Å². The van der Waals surface area contributed by atoms with Gasteiger partial charge in [0.2, 0.25) is 0 Å². The van der Waals surface area contributed by atoms with Crippen LogP contribution in [0.1, 0.15) is 42.9 Å². The van der Waals surface area contributed by atoms with Gasteiger partial charge in [0.05, 0.1) is 5.69 Å². The smallest absolute Gasteiger partial charge is 0.338 e. The van der Waals surface area contributed by atoms with Gasteiger partial charge in [-0.2, -0.15) is 13.2 Å². The quantitative estimate of drug-likeness (QED) is 0.327. The summed E-state index contributed by atoms with van der Waals surface area (Å²) in [6, 6.07) is 5.59. The van der Waals surface area contributed by atoms with Crippen LogP contribution in [0.2, 0.25) is 5.15 Å². The van der Waals surface area contributed by atoms with Gasteiger partial charge in [-0.1, -0.05) is 11.6 Å². The summed E-state index contributed by atoms with van der Waals surface area (Å²) in [5, 5.41) is 4.99. The normalized spacial score (nSPS) is 14.0. The Bertz CT molecular complexity index is 913. The van der Waals surface area contributed by atoms with Gasteiger partial charge in [-0.15, -0.1) is 0 Å². The number of urea groups is 1. The van der Waals surface area contributed by atoms with E-state index in [0.29, 0.717) is 22.2 Å². The number of hydrogen-bond donors (Lipinski definition) is 2. The predicted octanol–water partition coefficient (Wildman–Crippen LogP) is 6.19. The highest BCUT2D eigenvalue weighted by Gasteiger charge is 2.27. The van der Waals surface area contributed by atoms with Crippen molar-refractivity contribution in [3.8, 4) is 11.1 Å². The molecule has 0 unspecified atom stereocenters. The van der Waals surface area contributed by atoms with E-state index in [9.17, 15) is 22.4 Å². The van der Waals surface area contributed by atoms with Crippen LogP contribution in [0.3, 0.4) is 0 Å². The van der Waals surface area contributed by atoms with Crippen LogP contribution in [0.5, 0.6) is 0 Å². The Hall–Kier alpha value is -2.35. The van der Waals surface area contributed by atoms with Crippen LogP contribution in [0.4, 0.5) is 28.0 Å². The highest BCUT2D eigenvalue weighted by Crippen LogP contribution is 2.41. The van der Waals surface area contributed by atoms with E-state index in [1.165, 1.54) is 12.1 Å². The molecule has 1 aromatic carbocycles. The minimum absolute atomic E-state index is 0.0696. The minimum atomic E-state index is -4.28. The molecule has 1 aliphatic carbocycles. The first-order valence-corrected chi connectivity index (χ1v) is 9.60. The molecule has 4 nitrogen and oxygen atoms in total. The number of hydrogen-bond acceptors (Lipinski definition) is 2. The van der Waals surface area contributed by atoms with Gasteiger partial charge in [0.25, 0.3) is 0 Å². The van der Waals surface area contributed by atoms with Crippen LogP contribution in [0.25, 0.3) is 11.1 Å². The molecule has 0 aliphatic heterocycles. The number of benzene rings is 1. The number of aromatic nitrogens is 1. The average molecular weight is 430 g/mol. The molecule has 0 atom stereocenters. The molecule has 1 aliphatic rings. The van der Waals surface area contributed by atoms with E-state index in [4.69, 9.17) is 11.6 Å². The zero-order valence-electron chi connectivity index (χ0n) is 15.7. The molecule has 2 N–H and O–H groups in total. The molecule has 0 radical (unpaired) electrons. The monoisotopic (exact) mass is 429 g/mol. The van der Waals surface area contributed by atoms with Crippen molar-refractivity contribution >= 4 is 23.3 Å². The Kier molecular flexibility index (Phi) is 6.31. The van der Waals surface area contributed by atoms with Crippen molar-refractivity contribution in [2.24, 2.45) is 0 Å². The van der Waals surface area contributed by atoms with E-state index < -0.39 is 24.4 Å². The molecule has 1 heterocycles. The second-order valence-corrected chi connectivity index (χ2v) is 7.51. The van der Waals surface area contributed by atoms with Gasteiger partial charge in [0, 0.05) is 24.6 Å². The molecule has 0 bridgehead atoms. The van der Waals surface area contributed by atoms with Crippen molar-refractivity contribution in [3.05, 3.63) is 46.5 Å². The lowest BCUT2D eigenvalue weighted by molar-refractivity contribution is -0.135. The van der Waals surface area contributed by atoms with Gasteiger partial charge in [-0.25, -0.2) is 14.2 Å². The second-order valence-electron chi connectivity index (χ2n) is 7.12. The molecule has 156 valence electrons. The summed E-state index contributed by atoms with van der Waals surface area (Å²) in [4.78, 5) is 16.3. The Morgan fingerprint density at radius 1 is 1.24 bits per heavy atom. The van der Waals surface area contributed by atoms with Crippen molar-refractivity contribution in [1.82, 2.24) is 10.3 Å². The van der Waals surface area contributed by atoms with Crippen LogP contribution < -0.4 is 10.6 Å². The van der Waals surface area contributed by atoms with Gasteiger partial charge in [-0.05, 0) is 67.1 Å². The number of nitrogens with zero attached hydrogens (tertiary/aromatic N) is 1. The number of aryl methyl sites for hydroxylation is 1. The number of anilines is 1. The highest BCUT2D eigenvalue weighted by molar-refractivity contribution is 6.29. The number of rotatable bonds is 6. The van der Waals surface area contributed by atoms with Gasteiger partial charge >= 0.3 is 12.2 Å². The summed E-state index contributed by atoms with van der Waals surface area (Å²) in [5.41, 5.74) is 2.92. The third kappa shape index (κ3) is 6.06. The number of carbonyl (C=O) groups excluding carboxylic acids is 1. The third-order valence-electron chi connectivity index (χ3n) is 4.61. The minimum Gasteiger partial charge on any atom is -0.338 e. The largest absolute Gasteiger partial charge is 0.389 e. The fraction of sp³-hybridized carbons (Fsp3) is 0.400. The maximum atomic E-state index is 14.3. The summed E-state index contributed by atoms with van der Waals surface area (Å²) >= 11 is 6.14. The van der Waals surface area contributed by atoms with E-state index in [0.717, 1.165) is 24.1 Å². The number of carbonyl (C=O) groups is 1. The molecule has 1 saturated carbocycles. The van der Waals surface area contributed by atoms with Crippen LogP contribution in [0.15, 0.2) is 24.3 Å². The summed E-state index contributed by atoms with van der Waals surface area (Å²) in [5.74, 6) is -0.257. The second kappa shape index (κ2) is 8.57. The predicted molar refractivity (Wildman–Crippen MR) is 104 cm³/mol. The molecular formula is C20H20ClF4N3O. The molecule has 1 fully saturated rings. The third-order valence-corrected chi connectivity index (χ3v) is 4.80. The van der Waals surface area contributed by atoms with E-state index >= 15 is 0 Å². The van der Waals surface area contributed by atoms with Crippen molar-refractivity contribution < 1.29 is 22.4 Å². The molecule has 0 spiro atoms. The summed E-state index contributed by atoms with van der Waals surface area (Å²) in [6.07, 6.45) is -3.42. The summed E-state index contributed by atoms with van der Waals surface area (Å²) in [6.45, 7) is 1.57. The molecule has 1 aromatic heterocycles. The molecule has 29 heavy (non-hydrogen) atoms. The number of pyridine rings is 1. The first-order valence-electron chi connectivity index (χ1n) is 9.22. The molecule has 3 rings (SSSR count). The van der Waals surface area contributed by atoms with E-state index in [-0.39, 0.29) is 18.7 Å². The molecule has 2 amide bonds. The van der Waals surface area contributed by atoms with Crippen LogP contribution in [-0.4, -0.2) is 23.7 Å². The van der Waals surface area contributed by atoms with Crippen molar-refractivity contribution in [1.29, 1.82) is 0 Å². The fourth-order valence-corrected chi connectivity index (χ4v) is 3.21. The molecular weight excluding hydrogens is 410 g/mol. The standard InChI is InChI=1S/C20H20ClF4N3O/c1-11-7-15(22)17(28-19(29)26-6-2-5-20(23,24)25)10-14(11)13-8-16(12-3-4-12)27-18(21)9-13/h7-10,12H,2-6H2,1H3,(H2,26,28,29). The lowest BCUT2D eigenvalue weighted by Gasteiger charge is -2.14. The SMILES string of the molecule is Cc1cc(F)c(NC(=O)NCCCC(F)(F)F)cc1-c1cc(Cl)nc(C2CC2)c1. The molecule has 9 heteroatoms. The number of halogens is 5. The van der Waals surface area contributed by atoms with Crippen molar-refractivity contribution in [2.45, 2.75) is 44.7 Å². The number of nitrogens with one attached hydrogen (secondary N) is 2. The Morgan fingerprint density at radius 2 is 1.97 bits per heavy atom. The Balaban J connectivity index is 1.73. The van der Waals surface area contributed by atoms with Crippen LogP contribution >= 0.6 is 11.6 Å². The first-order chi connectivity index (χ1) is 13.6. The Labute approximate surface area is 170 Å². The Morgan fingerprint density at radius 3 is 2.62 bits per heavy atom. The summed E-state index contributed by atoms with van der Waals surface area (Å²) < 4.78 is 50.7. The number of alkyl halides is 3. The van der Waals surface area contributed by atoms with E-state index in [2.05, 4.69) is 15.6 Å². The average Bonchev–Trinajstić information content (AvgIpc) is 3.45. The zero-order chi connectivity index (χ0) is 21.2. The highest BCUT2D eigenvalue weighted by atomic mass is 35.5. The zero-order valence-corrected chi connectivity index (χ0v) is 16.4. The maximum absolute atomic E-state index is 14.3. The summed E-state index contributed by atoms with van der Waals surface area (Å²) in [7, 11) is 0. The van der Waals surface area contributed by atoms with Gasteiger partial charge in [-0.3, -0.25) is 0 Å². The molecule has 2 aromatic rings. The lowest BCUT2D eigenvalue weighted by Crippen LogP contribution is -2.30.